The highest BCUT2D eigenvalue weighted by molar-refractivity contribution is 7.79. The molecule has 2 rings (SSSR count). The van der Waals surface area contributed by atoms with Crippen LogP contribution in [0.5, 0.6) is 0 Å². The molecular weight excluding hydrogens is 416 g/mol. The third-order valence-electron chi connectivity index (χ3n) is 3.95. The van der Waals surface area contributed by atoms with Crippen molar-refractivity contribution in [2.75, 3.05) is 12.9 Å². The number of halogens is 4. The third kappa shape index (κ3) is 7.86. The van der Waals surface area contributed by atoms with Gasteiger partial charge in [0.15, 0.2) is 0 Å². The first kappa shape index (κ1) is 27.7. The molecule has 0 atom stereocenters. The molecule has 0 heterocycles. The van der Waals surface area contributed by atoms with E-state index >= 15 is 0 Å². The van der Waals surface area contributed by atoms with E-state index in [-0.39, 0.29) is 5.56 Å². The average molecular weight is 445 g/mol. The Morgan fingerprint density at radius 3 is 1.93 bits per heavy atom. The number of thiol groups is 1. The number of hydrogen-bond donors (Lipinski definition) is 1. The van der Waals surface area contributed by atoms with E-state index < -0.39 is 17.6 Å². The first-order chi connectivity index (χ1) is 14.1. The Bertz CT molecular complexity index is 836. The van der Waals surface area contributed by atoms with Crippen LogP contribution < -0.4 is 0 Å². The van der Waals surface area contributed by atoms with Crippen molar-refractivity contribution in [1.29, 1.82) is 0 Å². The van der Waals surface area contributed by atoms with Crippen molar-refractivity contribution in [1.82, 2.24) is 0 Å². The summed E-state index contributed by atoms with van der Waals surface area (Å²) in [5.41, 5.74) is 2.57. The van der Waals surface area contributed by atoms with Gasteiger partial charge in [-0.1, -0.05) is 29.8 Å². The van der Waals surface area contributed by atoms with Crippen molar-refractivity contribution in [2.45, 2.75) is 40.8 Å². The maximum Gasteiger partial charge on any atom is 0.419 e. The minimum Gasteiger partial charge on any atom is -0.468 e. The molecule has 2 aromatic rings. The van der Waals surface area contributed by atoms with Gasteiger partial charge in [0.2, 0.25) is 0 Å². The fourth-order valence-corrected chi connectivity index (χ4v) is 3.00. The molecule has 30 heavy (non-hydrogen) atoms. The summed E-state index contributed by atoms with van der Waals surface area (Å²) in [5.74, 6) is -1.23. The number of ether oxygens (including phenoxy) is 1. The molecule has 0 amide bonds. The van der Waals surface area contributed by atoms with Gasteiger partial charge in [-0.3, -0.25) is 4.79 Å². The normalized spacial score (nSPS) is 10.6. The second-order valence-corrected chi connectivity index (χ2v) is 6.25. The second kappa shape index (κ2) is 13.1. The molecule has 2 nitrogen and oxygen atoms in total. The van der Waals surface area contributed by atoms with Crippen molar-refractivity contribution in [3.63, 3.8) is 0 Å². The predicted molar refractivity (Wildman–Crippen MR) is 118 cm³/mol. The SMILES string of the molecule is C/C=C\c1cc(-c2c(C)cc(C)cc2C)cc(C(F)(F)F)c1F.CCOC=O.CS. The Labute approximate surface area is 181 Å². The quantitative estimate of drug-likeness (QED) is 0.307. The molecule has 0 bridgehead atoms. The van der Waals surface area contributed by atoms with Crippen LogP contribution in [0.4, 0.5) is 17.6 Å². The summed E-state index contributed by atoms with van der Waals surface area (Å²) < 4.78 is 57.8. The van der Waals surface area contributed by atoms with Crippen LogP contribution in [0.25, 0.3) is 17.2 Å². The highest BCUT2D eigenvalue weighted by Crippen LogP contribution is 2.38. The van der Waals surface area contributed by atoms with Gasteiger partial charge in [-0.25, -0.2) is 4.39 Å². The number of rotatable bonds is 4. The van der Waals surface area contributed by atoms with Gasteiger partial charge in [0, 0.05) is 5.56 Å². The number of carbonyl (C=O) groups is 1. The lowest BCUT2D eigenvalue weighted by Gasteiger charge is -2.16. The average Bonchev–Trinajstić information content (AvgIpc) is 2.65. The number of allylic oxidation sites excluding steroid dienone is 1. The maximum atomic E-state index is 14.1. The summed E-state index contributed by atoms with van der Waals surface area (Å²) in [6, 6.07) is 6.19. The molecule has 7 heteroatoms. The molecule has 2 aromatic carbocycles. The molecule has 0 aliphatic heterocycles. The number of hydrogen-bond acceptors (Lipinski definition) is 3. The Hall–Kier alpha value is -2.28. The molecule has 0 radical (unpaired) electrons. The van der Waals surface area contributed by atoms with Crippen molar-refractivity contribution >= 4 is 25.2 Å². The van der Waals surface area contributed by atoms with Crippen LogP contribution in [0.2, 0.25) is 0 Å². The lowest BCUT2D eigenvalue weighted by atomic mass is 9.91. The largest absolute Gasteiger partial charge is 0.468 e. The van der Waals surface area contributed by atoms with E-state index in [2.05, 4.69) is 17.4 Å². The first-order valence-corrected chi connectivity index (χ1v) is 10.1. The summed E-state index contributed by atoms with van der Waals surface area (Å²) in [5, 5.41) is 0. The van der Waals surface area contributed by atoms with Crippen LogP contribution in [0.15, 0.2) is 30.3 Å². The predicted octanol–water partition coefficient (Wildman–Crippen LogP) is 7.20. The van der Waals surface area contributed by atoms with Crippen LogP contribution in [-0.4, -0.2) is 19.3 Å². The zero-order valence-corrected chi connectivity index (χ0v) is 18.9. The van der Waals surface area contributed by atoms with Crippen molar-refractivity contribution < 1.29 is 27.1 Å². The van der Waals surface area contributed by atoms with Gasteiger partial charge in [0.1, 0.15) is 5.82 Å². The zero-order valence-electron chi connectivity index (χ0n) is 18.0. The van der Waals surface area contributed by atoms with Crippen molar-refractivity contribution in [3.05, 3.63) is 64.0 Å². The smallest absolute Gasteiger partial charge is 0.419 e. The molecule has 0 aliphatic rings. The van der Waals surface area contributed by atoms with E-state index in [9.17, 15) is 22.4 Å². The molecule has 0 fully saturated rings. The van der Waals surface area contributed by atoms with Gasteiger partial charge >= 0.3 is 6.18 Å². The van der Waals surface area contributed by atoms with Gasteiger partial charge in [0.25, 0.3) is 6.47 Å². The standard InChI is InChI=1S/C19H18F4.C3H6O2.CH4S/c1-5-6-14-9-15(10-16(18(14)20)19(21,22)23)17-12(3)7-11(2)8-13(17)4;1-2-5-3-4;1-2/h5-10H,1-4H3;3H,2H2,1H3;2H,1H3/b6-5-;;. The summed E-state index contributed by atoms with van der Waals surface area (Å²) in [6.45, 7) is 9.93. The van der Waals surface area contributed by atoms with Crippen molar-refractivity contribution in [3.8, 4) is 11.1 Å². The van der Waals surface area contributed by atoms with E-state index in [0.29, 0.717) is 24.2 Å². The monoisotopic (exact) mass is 444 g/mol. The van der Waals surface area contributed by atoms with Crippen LogP contribution in [0.3, 0.4) is 0 Å². The van der Waals surface area contributed by atoms with Crippen molar-refractivity contribution in [2.24, 2.45) is 0 Å². The van der Waals surface area contributed by atoms with Crippen LogP contribution in [-0.2, 0) is 15.7 Å². The summed E-state index contributed by atoms with van der Waals surface area (Å²) in [4.78, 5) is 9.18. The number of carbonyl (C=O) groups excluding carboxylic acids is 1. The van der Waals surface area contributed by atoms with Gasteiger partial charge in [-0.2, -0.15) is 25.8 Å². The van der Waals surface area contributed by atoms with Gasteiger partial charge < -0.3 is 4.74 Å². The molecule has 166 valence electrons. The van der Waals surface area contributed by atoms with Gasteiger partial charge in [0.05, 0.1) is 12.2 Å². The van der Waals surface area contributed by atoms with Gasteiger partial charge in [-0.05, 0) is 75.3 Å². The molecular formula is C23H28F4O2S. The Balaban J connectivity index is 0.00000105. The summed E-state index contributed by atoms with van der Waals surface area (Å²) in [6.07, 6.45) is -0.160. The van der Waals surface area contributed by atoms with E-state index in [0.717, 1.165) is 22.8 Å². The molecule has 0 saturated heterocycles. The van der Waals surface area contributed by atoms with Crippen LogP contribution in [0.1, 0.15) is 41.7 Å². The minimum atomic E-state index is -4.73. The number of aryl methyl sites for hydroxylation is 3. The number of alkyl halides is 3. The molecule has 0 aliphatic carbocycles. The number of benzene rings is 2. The highest BCUT2D eigenvalue weighted by Gasteiger charge is 2.35. The lowest BCUT2D eigenvalue weighted by Crippen LogP contribution is -2.10. The van der Waals surface area contributed by atoms with Crippen LogP contribution >= 0.6 is 12.6 Å². The fraction of sp³-hybridized carbons (Fsp3) is 0.348. The summed E-state index contributed by atoms with van der Waals surface area (Å²) >= 11 is 3.53. The lowest BCUT2D eigenvalue weighted by molar-refractivity contribution is -0.140. The Kier molecular flexibility index (Phi) is 12.1. The van der Waals surface area contributed by atoms with E-state index in [1.54, 1.807) is 20.1 Å². The van der Waals surface area contributed by atoms with Crippen LogP contribution in [0, 0.1) is 26.6 Å². The molecule has 0 spiro atoms. The van der Waals surface area contributed by atoms with E-state index in [1.807, 2.05) is 32.9 Å². The van der Waals surface area contributed by atoms with Gasteiger partial charge in [-0.15, -0.1) is 0 Å². The molecule has 0 saturated carbocycles. The highest BCUT2D eigenvalue weighted by atomic mass is 32.1. The minimum absolute atomic E-state index is 0.0586. The molecule has 0 unspecified atom stereocenters. The zero-order chi connectivity index (χ0) is 23.5. The van der Waals surface area contributed by atoms with E-state index in [1.165, 1.54) is 18.2 Å². The molecule has 0 aromatic heterocycles. The third-order valence-corrected chi connectivity index (χ3v) is 3.95. The Morgan fingerprint density at radius 1 is 1.03 bits per heavy atom. The summed E-state index contributed by atoms with van der Waals surface area (Å²) in [7, 11) is 0. The topological polar surface area (TPSA) is 26.3 Å². The maximum absolute atomic E-state index is 14.1. The second-order valence-electron chi connectivity index (χ2n) is 6.25. The Morgan fingerprint density at radius 2 is 1.57 bits per heavy atom. The van der Waals surface area contributed by atoms with E-state index in [4.69, 9.17) is 0 Å². The molecule has 0 N–H and O–H groups in total. The fourth-order valence-electron chi connectivity index (χ4n) is 3.00. The first-order valence-electron chi connectivity index (χ1n) is 9.18.